The van der Waals surface area contributed by atoms with E-state index in [0.29, 0.717) is 0 Å². The van der Waals surface area contributed by atoms with Crippen molar-refractivity contribution in [1.29, 1.82) is 0 Å². The van der Waals surface area contributed by atoms with Crippen molar-refractivity contribution in [2.24, 2.45) is 0 Å². The fraction of sp³-hybridized carbons (Fsp3) is 0.300. The first-order chi connectivity index (χ1) is 20.9. The molecule has 0 spiro atoms. The van der Waals surface area contributed by atoms with Crippen molar-refractivity contribution in [2.45, 2.75) is 39.0 Å². The Morgan fingerprint density at radius 2 is 0.826 bits per heavy atom. The molecule has 6 heteroatoms. The summed E-state index contributed by atoms with van der Waals surface area (Å²) in [5.41, 5.74) is 7.08. The summed E-state index contributed by atoms with van der Waals surface area (Å²) in [6.07, 6.45) is 20.6. The normalized spacial score (nSPS) is 13.5. The molecule has 0 radical (unpaired) electrons. The minimum atomic E-state index is -1.51. The van der Waals surface area contributed by atoms with Gasteiger partial charge in [-0.2, -0.15) is 0 Å². The Balaban J connectivity index is 0.000000244. The minimum Gasteiger partial charge on any atom is -0.366 e. The molecule has 0 aromatic heterocycles. The van der Waals surface area contributed by atoms with Crippen LogP contribution in [0.4, 0.5) is 0 Å². The van der Waals surface area contributed by atoms with Crippen LogP contribution in [0.1, 0.15) is 24.0 Å². The molecular formula is C40H48Au2P2Si2+2. The Morgan fingerprint density at radius 3 is 1.15 bits per heavy atom. The summed E-state index contributed by atoms with van der Waals surface area (Å²) in [6.45, 7) is 19.2. The van der Waals surface area contributed by atoms with Gasteiger partial charge in [0, 0.05) is 26.7 Å². The van der Waals surface area contributed by atoms with Gasteiger partial charge in [-0.1, -0.05) is 86.9 Å². The van der Waals surface area contributed by atoms with Crippen molar-refractivity contribution >= 4 is 52.7 Å². The largest absolute Gasteiger partial charge is 1.00 e. The standard InChI is InChI=1S/2C16H13Si.C8H20P2.2Au/c2*1-4-12-9-10-16-14(11-12)13-7-5-6-8-15(13)17(16,2)3;1-9(2)7-5-6-8-10(3)4;;/h2*5-11H,2-3H3;5-8H2,1-4H3;;/q2*-1;;2*+1/p+2. The van der Waals surface area contributed by atoms with Crippen LogP contribution in [0.3, 0.4) is 0 Å². The van der Waals surface area contributed by atoms with Gasteiger partial charge in [-0.15, -0.1) is 35.4 Å². The first kappa shape index (κ1) is 40.9. The maximum atomic E-state index is 7.25. The molecule has 0 N–H and O–H groups in total. The van der Waals surface area contributed by atoms with Gasteiger partial charge >= 0.3 is 44.8 Å². The van der Waals surface area contributed by atoms with Crippen molar-refractivity contribution in [3.8, 4) is 34.1 Å². The average Bonchev–Trinajstić information content (AvgIpc) is 3.39. The third-order valence-corrected chi connectivity index (χ3v) is 18.9. The van der Waals surface area contributed by atoms with E-state index >= 15 is 0 Å². The molecule has 6 rings (SSSR count). The molecule has 0 atom stereocenters. The molecule has 246 valence electrons. The zero-order valence-electron chi connectivity index (χ0n) is 28.5. The molecule has 46 heavy (non-hydrogen) atoms. The van der Waals surface area contributed by atoms with Crippen molar-refractivity contribution in [2.75, 3.05) is 39.0 Å². The summed E-state index contributed by atoms with van der Waals surface area (Å²) in [6, 6.07) is 30.0. The van der Waals surface area contributed by atoms with Gasteiger partial charge in [-0.3, -0.25) is 11.8 Å². The van der Waals surface area contributed by atoms with Gasteiger partial charge in [-0.05, 0) is 71.7 Å². The molecule has 0 bridgehead atoms. The third-order valence-electron chi connectivity index (χ3n) is 9.06. The second-order valence-corrected chi connectivity index (χ2v) is 28.2. The molecule has 2 aliphatic heterocycles. The van der Waals surface area contributed by atoms with Gasteiger partial charge in [0.1, 0.15) is 16.1 Å². The van der Waals surface area contributed by atoms with Gasteiger partial charge < -0.3 is 12.8 Å². The second-order valence-electron chi connectivity index (χ2n) is 13.7. The maximum absolute atomic E-state index is 7.25. The fourth-order valence-electron chi connectivity index (χ4n) is 6.55. The summed E-state index contributed by atoms with van der Waals surface area (Å²) in [5.74, 6) is 4.96. The van der Waals surface area contributed by atoms with E-state index in [-0.39, 0.29) is 60.6 Å². The third kappa shape index (κ3) is 9.26. The Hall–Kier alpha value is -1.23. The van der Waals surface area contributed by atoms with Gasteiger partial charge in [0.25, 0.3) is 0 Å². The molecule has 0 saturated carbocycles. The Labute approximate surface area is 315 Å². The van der Waals surface area contributed by atoms with Crippen LogP contribution < -0.4 is 20.7 Å². The maximum Gasteiger partial charge on any atom is 1.00 e. The van der Waals surface area contributed by atoms with Crippen LogP contribution in [0, 0.1) is 24.7 Å². The molecule has 0 nitrogen and oxygen atoms in total. The van der Waals surface area contributed by atoms with E-state index in [9.17, 15) is 0 Å². The van der Waals surface area contributed by atoms with Crippen LogP contribution in [0.5, 0.6) is 0 Å². The first-order valence-electron chi connectivity index (χ1n) is 15.8. The topological polar surface area (TPSA) is 0 Å². The van der Waals surface area contributed by atoms with E-state index in [1.54, 1.807) is 0 Å². The molecule has 2 aliphatic rings. The van der Waals surface area contributed by atoms with Crippen LogP contribution in [0.25, 0.3) is 22.3 Å². The van der Waals surface area contributed by atoms with Gasteiger partial charge in [0.15, 0.2) is 0 Å². The smallest absolute Gasteiger partial charge is 0.366 e. The molecule has 0 fully saturated rings. The SMILES string of the molecule is C[PH+](C)CCCC[PH+](C)C.[Au+].[Au+].[C-]#Cc1ccc2c(c1)-c1ccccc1[Si]2(C)C.[C-]#Cc1ccc2c(c1)-c1ccccc1[Si]2(C)C. The van der Waals surface area contributed by atoms with Crippen LogP contribution >= 0.6 is 15.8 Å². The van der Waals surface area contributed by atoms with Crippen LogP contribution in [0.2, 0.25) is 26.2 Å². The number of fused-ring (bicyclic) bond motifs is 6. The molecule has 2 heterocycles. The van der Waals surface area contributed by atoms with E-state index in [1.165, 1.54) is 68.2 Å². The summed E-state index contributed by atoms with van der Waals surface area (Å²) >= 11 is 0. The Bertz CT molecular complexity index is 1580. The summed E-state index contributed by atoms with van der Waals surface area (Å²) in [5, 5.41) is 5.99. The van der Waals surface area contributed by atoms with Crippen LogP contribution in [0.15, 0.2) is 84.9 Å². The summed E-state index contributed by atoms with van der Waals surface area (Å²) < 4.78 is 0. The van der Waals surface area contributed by atoms with E-state index in [1.807, 2.05) is 12.1 Å². The number of unbranched alkanes of at least 4 members (excludes halogenated alkanes) is 1. The molecule has 4 aromatic rings. The van der Waals surface area contributed by atoms with E-state index in [2.05, 4.69) is 137 Å². The predicted molar refractivity (Wildman–Crippen MR) is 209 cm³/mol. The average molecular weight is 1040 g/mol. The molecule has 0 unspecified atom stereocenters. The van der Waals surface area contributed by atoms with Crippen molar-refractivity contribution in [3.05, 3.63) is 109 Å². The number of hydrogen-bond donors (Lipinski definition) is 0. The van der Waals surface area contributed by atoms with E-state index < -0.39 is 16.1 Å². The zero-order chi connectivity index (χ0) is 32.1. The quantitative estimate of drug-likeness (QED) is 0.0638. The van der Waals surface area contributed by atoms with E-state index in [0.717, 1.165) is 11.1 Å². The van der Waals surface area contributed by atoms with Gasteiger partial charge in [0.05, 0.1) is 12.3 Å². The Kier molecular flexibility index (Phi) is 16.0. The molecule has 0 amide bonds. The molecular weight excluding hydrogens is 992 g/mol. The Morgan fingerprint density at radius 1 is 0.500 bits per heavy atom. The summed E-state index contributed by atoms with van der Waals surface area (Å²) in [7, 11) is -2.85. The number of benzene rings is 4. The zero-order valence-corrected chi connectivity index (χ0v) is 36.8. The van der Waals surface area contributed by atoms with Gasteiger partial charge in [-0.25, -0.2) is 0 Å². The summed E-state index contributed by atoms with van der Waals surface area (Å²) in [4.78, 5) is 0. The first-order valence-corrected chi connectivity index (χ1v) is 27.3. The van der Waals surface area contributed by atoms with Crippen molar-refractivity contribution in [3.63, 3.8) is 0 Å². The van der Waals surface area contributed by atoms with Crippen molar-refractivity contribution < 1.29 is 44.8 Å². The number of rotatable bonds is 5. The predicted octanol–water partition coefficient (Wildman–Crippen LogP) is 7.56. The molecule has 0 aliphatic carbocycles. The number of hydrogen-bond acceptors (Lipinski definition) is 0. The van der Waals surface area contributed by atoms with E-state index in [4.69, 9.17) is 12.8 Å². The van der Waals surface area contributed by atoms with Gasteiger partial charge in [0.2, 0.25) is 0 Å². The second kappa shape index (κ2) is 18.0. The van der Waals surface area contributed by atoms with Crippen molar-refractivity contribution in [1.82, 2.24) is 0 Å². The minimum absolute atomic E-state index is 0. The van der Waals surface area contributed by atoms with Crippen LogP contribution in [-0.2, 0) is 44.8 Å². The van der Waals surface area contributed by atoms with Crippen LogP contribution in [-0.4, -0.2) is 55.1 Å². The monoisotopic (exact) mass is 1040 g/mol. The fourth-order valence-corrected chi connectivity index (χ4v) is 14.6. The molecule has 0 saturated heterocycles. The molecule has 4 aromatic carbocycles.